The van der Waals surface area contributed by atoms with E-state index in [2.05, 4.69) is 64.2 Å². The predicted octanol–water partition coefficient (Wildman–Crippen LogP) is 4.83. The van der Waals surface area contributed by atoms with Crippen molar-refractivity contribution in [2.24, 2.45) is 4.99 Å². The summed E-state index contributed by atoms with van der Waals surface area (Å²) in [5.74, 6) is 1.14. The second-order valence-electron chi connectivity index (χ2n) is 8.75. The summed E-state index contributed by atoms with van der Waals surface area (Å²) in [6.45, 7) is 6.45. The van der Waals surface area contributed by atoms with E-state index in [0.29, 0.717) is 6.42 Å². The number of hydrogen-bond acceptors (Lipinski definition) is 5. The molecular formula is C27H29N5OS. The number of nitrogens with zero attached hydrogens (tertiary/aromatic N) is 5. The number of amides is 1. The van der Waals surface area contributed by atoms with Crippen LogP contribution in [0.15, 0.2) is 77.0 Å². The molecule has 0 spiro atoms. The van der Waals surface area contributed by atoms with Gasteiger partial charge in [-0.1, -0.05) is 18.2 Å². The van der Waals surface area contributed by atoms with Crippen LogP contribution in [-0.2, 0) is 24.2 Å². The zero-order valence-electron chi connectivity index (χ0n) is 19.3. The smallest absolute Gasteiger partial charge is 0.227 e. The Morgan fingerprint density at radius 1 is 1.09 bits per heavy atom. The number of thioether (sulfide) groups is 1. The maximum Gasteiger partial charge on any atom is 0.227 e. The zero-order valence-corrected chi connectivity index (χ0v) is 20.1. The Hall–Kier alpha value is -3.16. The first-order valence-electron chi connectivity index (χ1n) is 11.7. The fourth-order valence-corrected chi connectivity index (χ4v) is 5.59. The van der Waals surface area contributed by atoms with Gasteiger partial charge in [-0.25, -0.2) is 4.68 Å². The molecule has 0 atom stereocenters. The van der Waals surface area contributed by atoms with Gasteiger partial charge in [0.2, 0.25) is 5.91 Å². The highest BCUT2D eigenvalue weighted by molar-refractivity contribution is 8.03. The minimum atomic E-state index is 0.243. The largest absolute Gasteiger partial charge is 0.312 e. The molecule has 3 aromatic rings. The van der Waals surface area contributed by atoms with Gasteiger partial charge in [-0.2, -0.15) is 5.10 Å². The molecular weight excluding hydrogens is 442 g/mol. The van der Waals surface area contributed by atoms with E-state index in [1.807, 2.05) is 39.8 Å². The lowest BCUT2D eigenvalue weighted by molar-refractivity contribution is -0.117. The number of hydrogen-bond donors (Lipinski definition) is 0. The van der Waals surface area contributed by atoms with Crippen molar-refractivity contribution < 1.29 is 4.79 Å². The molecule has 2 aliphatic rings. The van der Waals surface area contributed by atoms with Crippen molar-refractivity contribution in [2.45, 2.75) is 32.2 Å². The molecule has 1 aromatic heterocycles. The number of aliphatic imine (C=N–C) groups is 1. The SMILES string of the molecule is C=N/C=C(/Cc1ccc(-n2cccn2)cc1)SCN1CCc2ccc(N3CCCC3=O)cc2C1. The molecule has 2 aliphatic heterocycles. The lowest BCUT2D eigenvalue weighted by Gasteiger charge is -2.29. The molecule has 0 unspecified atom stereocenters. The molecule has 3 heterocycles. The molecule has 34 heavy (non-hydrogen) atoms. The molecule has 5 rings (SSSR count). The number of carbonyl (C=O) groups excluding carboxylic acids is 1. The summed E-state index contributed by atoms with van der Waals surface area (Å²) >= 11 is 1.83. The van der Waals surface area contributed by atoms with Gasteiger partial charge in [0.05, 0.1) is 5.69 Å². The number of fused-ring (bicyclic) bond motifs is 1. The molecule has 0 bridgehead atoms. The predicted molar refractivity (Wildman–Crippen MR) is 140 cm³/mol. The standard InChI is InChI=1S/C27H29N5OS/c1-28-18-26(16-21-5-8-24(9-6-21)32-14-3-12-29-32)34-20-30-15-11-22-7-10-25(17-23(22)19-30)31-13-2-4-27(31)33/h3,5-10,12,14,17-18H,1-2,4,11,13,15-16,19-20H2/b26-18-. The van der Waals surface area contributed by atoms with E-state index in [9.17, 15) is 4.79 Å². The van der Waals surface area contributed by atoms with Crippen molar-refractivity contribution in [3.63, 3.8) is 0 Å². The number of carbonyl (C=O) groups is 1. The average Bonchev–Trinajstić information content (AvgIpc) is 3.55. The molecule has 6 nitrogen and oxygen atoms in total. The van der Waals surface area contributed by atoms with Crippen molar-refractivity contribution in [3.8, 4) is 5.69 Å². The van der Waals surface area contributed by atoms with Crippen LogP contribution in [0.5, 0.6) is 0 Å². The summed E-state index contributed by atoms with van der Waals surface area (Å²) < 4.78 is 1.86. The van der Waals surface area contributed by atoms with Gasteiger partial charge >= 0.3 is 0 Å². The van der Waals surface area contributed by atoms with Crippen molar-refractivity contribution in [3.05, 3.63) is 88.7 Å². The average molecular weight is 472 g/mol. The molecule has 174 valence electrons. The van der Waals surface area contributed by atoms with Crippen LogP contribution in [-0.4, -0.2) is 46.3 Å². The third-order valence-corrected chi connectivity index (χ3v) is 7.53. The summed E-state index contributed by atoms with van der Waals surface area (Å²) in [5, 5.41) is 4.29. The second kappa shape index (κ2) is 10.4. The summed E-state index contributed by atoms with van der Waals surface area (Å²) in [5.41, 5.74) is 6.08. The zero-order chi connectivity index (χ0) is 23.3. The van der Waals surface area contributed by atoms with Crippen molar-refractivity contribution >= 4 is 30.1 Å². The normalized spacial score (nSPS) is 16.6. The number of rotatable bonds is 8. The van der Waals surface area contributed by atoms with Crippen LogP contribution in [0, 0.1) is 0 Å². The van der Waals surface area contributed by atoms with E-state index < -0.39 is 0 Å². The van der Waals surface area contributed by atoms with Crippen LogP contribution in [0.4, 0.5) is 5.69 Å². The topological polar surface area (TPSA) is 53.7 Å². The van der Waals surface area contributed by atoms with E-state index >= 15 is 0 Å². The third-order valence-electron chi connectivity index (χ3n) is 6.42. The number of benzene rings is 2. The van der Waals surface area contributed by atoms with E-state index in [0.717, 1.165) is 56.1 Å². The maximum absolute atomic E-state index is 12.2. The summed E-state index contributed by atoms with van der Waals surface area (Å²) in [6, 6.07) is 16.9. The molecule has 0 N–H and O–H groups in total. The molecule has 1 saturated heterocycles. The van der Waals surface area contributed by atoms with Gasteiger partial charge in [0.1, 0.15) is 0 Å². The molecule has 7 heteroatoms. The lowest BCUT2D eigenvalue weighted by atomic mass is 9.99. The fourth-order valence-electron chi connectivity index (χ4n) is 4.60. The van der Waals surface area contributed by atoms with Gasteiger partial charge in [-0.3, -0.25) is 14.7 Å². The van der Waals surface area contributed by atoms with Crippen molar-refractivity contribution in [1.29, 1.82) is 0 Å². The highest BCUT2D eigenvalue weighted by Gasteiger charge is 2.24. The van der Waals surface area contributed by atoms with E-state index in [1.165, 1.54) is 21.6 Å². The highest BCUT2D eigenvalue weighted by atomic mass is 32.2. The molecule has 0 aliphatic carbocycles. The number of allylic oxidation sites excluding steroid dienone is 1. The van der Waals surface area contributed by atoms with Crippen LogP contribution in [0.1, 0.15) is 29.5 Å². The molecule has 0 saturated carbocycles. The molecule has 2 aromatic carbocycles. The summed E-state index contributed by atoms with van der Waals surface area (Å²) in [6.07, 6.45) is 9.09. The van der Waals surface area contributed by atoms with Crippen LogP contribution >= 0.6 is 11.8 Å². The molecule has 0 radical (unpaired) electrons. The number of aromatic nitrogens is 2. The van der Waals surface area contributed by atoms with Crippen LogP contribution in [0.25, 0.3) is 5.69 Å². The Morgan fingerprint density at radius 3 is 2.68 bits per heavy atom. The lowest BCUT2D eigenvalue weighted by Crippen LogP contribution is -2.31. The molecule has 1 fully saturated rings. The Labute approximate surface area is 205 Å². The highest BCUT2D eigenvalue weighted by Crippen LogP contribution is 2.29. The van der Waals surface area contributed by atoms with Crippen LogP contribution in [0.2, 0.25) is 0 Å². The quantitative estimate of drug-likeness (QED) is 0.442. The van der Waals surface area contributed by atoms with E-state index in [1.54, 1.807) is 6.20 Å². The van der Waals surface area contributed by atoms with E-state index in [-0.39, 0.29) is 5.91 Å². The van der Waals surface area contributed by atoms with Gasteiger partial charge in [-0.05, 0) is 66.6 Å². The Balaban J connectivity index is 1.20. The molecule has 1 amide bonds. The summed E-state index contributed by atoms with van der Waals surface area (Å²) in [7, 11) is 0. The van der Waals surface area contributed by atoms with Crippen LogP contribution < -0.4 is 4.90 Å². The first-order chi connectivity index (χ1) is 16.7. The fraction of sp³-hybridized carbons (Fsp3) is 0.296. The Morgan fingerprint density at radius 2 is 1.94 bits per heavy atom. The first-order valence-corrected chi connectivity index (χ1v) is 12.7. The van der Waals surface area contributed by atoms with E-state index in [4.69, 9.17) is 0 Å². The van der Waals surface area contributed by atoms with Gasteiger partial charge in [-0.15, -0.1) is 11.8 Å². The minimum Gasteiger partial charge on any atom is -0.312 e. The van der Waals surface area contributed by atoms with Crippen molar-refractivity contribution in [2.75, 3.05) is 23.9 Å². The minimum absolute atomic E-state index is 0.243. The third kappa shape index (κ3) is 5.16. The number of anilines is 1. The van der Waals surface area contributed by atoms with Gasteiger partial charge < -0.3 is 4.90 Å². The maximum atomic E-state index is 12.2. The monoisotopic (exact) mass is 471 g/mol. The van der Waals surface area contributed by atoms with Gasteiger partial charge in [0.15, 0.2) is 0 Å². The van der Waals surface area contributed by atoms with Crippen LogP contribution in [0.3, 0.4) is 0 Å². The van der Waals surface area contributed by atoms with Gasteiger partial charge in [0.25, 0.3) is 0 Å². The Kier molecular flexibility index (Phi) is 6.92. The summed E-state index contributed by atoms with van der Waals surface area (Å²) in [4.78, 5) is 21.8. The van der Waals surface area contributed by atoms with Gasteiger partial charge in [0, 0.05) is 67.5 Å². The first kappa shape index (κ1) is 22.6. The van der Waals surface area contributed by atoms with Crippen molar-refractivity contribution in [1.82, 2.24) is 14.7 Å². The second-order valence-corrected chi connectivity index (χ2v) is 9.82. The Bertz CT molecular complexity index is 1190.